The van der Waals surface area contributed by atoms with Crippen molar-refractivity contribution < 1.29 is 4.79 Å². The molecule has 0 fully saturated rings. The minimum atomic E-state index is -0.0325. The summed E-state index contributed by atoms with van der Waals surface area (Å²) in [6.45, 7) is 5.86. The second-order valence-corrected chi connectivity index (χ2v) is 4.92. The van der Waals surface area contributed by atoms with Gasteiger partial charge in [-0.15, -0.1) is 0 Å². The lowest BCUT2D eigenvalue weighted by molar-refractivity contribution is -0.119. The van der Waals surface area contributed by atoms with Crippen molar-refractivity contribution >= 4 is 18.5 Å². The van der Waals surface area contributed by atoms with Gasteiger partial charge in [0.15, 0.2) is 0 Å². The third-order valence-electron chi connectivity index (χ3n) is 2.85. The van der Waals surface area contributed by atoms with Crippen molar-refractivity contribution in [1.82, 2.24) is 10.2 Å². The topological polar surface area (TPSA) is 32.3 Å². The maximum Gasteiger partial charge on any atom is 0.217 e. The fourth-order valence-electron chi connectivity index (χ4n) is 1.49. The molecular weight excluding hydrogens is 208 g/mol. The number of carbonyl (C=O) groups is 1. The molecule has 3 nitrogen and oxygen atoms in total. The Bertz CT molecular complexity index is 197. The maximum atomic E-state index is 10.9. The van der Waals surface area contributed by atoms with E-state index in [-0.39, 0.29) is 11.3 Å². The first-order valence-electron chi connectivity index (χ1n) is 5.50. The van der Waals surface area contributed by atoms with E-state index in [1.807, 2.05) is 0 Å². The summed E-state index contributed by atoms with van der Waals surface area (Å²) < 4.78 is 0. The van der Waals surface area contributed by atoms with E-state index >= 15 is 0 Å². The highest BCUT2D eigenvalue weighted by Gasteiger charge is 2.20. The lowest BCUT2D eigenvalue weighted by Gasteiger charge is -2.28. The molecule has 1 amide bonds. The predicted molar refractivity (Wildman–Crippen MR) is 68.1 cm³/mol. The van der Waals surface area contributed by atoms with Gasteiger partial charge in [-0.05, 0) is 33.4 Å². The van der Waals surface area contributed by atoms with Crippen LogP contribution in [0.25, 0.3) is 0 Å². The highest BCUT2D eigenvalue weighted by atomic mass is 32.1. The Hall–Kier alpha value is -0.220. The fraction of sp³-hybridized carbons (Fsp3) is 0.909. The largest absolute Gasteiger partial charge is 0.345 e. The quantitative estimate of drug-likeness (QED) is 0.540. The van der Waals surface area contributed by atoms with Crippen LogP contribution in [0.4, 0.5) is 0 Å². The molecule has 0 aromatic heterocycles. The first kappa shape index (κ1) is 14.8. The summed E-state index contributed by atoms with van der Waals surface area (Å²) in [7, 11) is 4.15. The van der Waals surface area contributed by atoms with E-state index < -0.39 is 0 Å². The molecule has 0 aromatic carbocycles. The van der Waals surface area contributed by atoms with Crippen LogP contribution >= 0.6 is 12.6 Å². The summed E-state index contributed by atoms with van der Waals surface area (Å²) in [6, 6.07) is 0.512. The number of rotatable bonds is 6. The Balaban J connectivity index is 4.17. The number of hydrogen-bond acceptors (Lipinski definition) is 3. The van der Waals surface area contributed by atoms with Gasteiger partial charge < -0.3 is 10.2 Å². The van der Waals surface area contributed by atoms with Crippen LogP contribution in [-0.2, 0) is 4.79 Å². The van der Waals surface area contributed by atoms with Crippen molar-refractivity contribution in [3.63, 3.8) is 0 Å². The molecule has 0 aromatic rings. The second kappa shape index (κ2) is 7.12. The average molecular weight is 232 g/mol. The molecule has 3 unspecified atom stereocenters. The average Bonchev–Trinajstić information content (AvgIpc) is 2.11. The zero-order chi connectivity index (χ0) is 12.0. The number of nitrogens with zero attached hydrogens (tertiary/aromatic N) is 1. The van der Waals surface area contributed by atoms with Gasteiger partial charge >= 0.3 is 0 Å². The highest BCUT2D eigenvalue weighted by molar-refractivity contribution is 7.80. The summed E-state index contributed by atoms with van der Waals surface area (Å²) in [5, 5.41) is 2.81. The molecule has 1 N–H and O–H groups in total. The molecule has 0 rings (SSSR count). The monoisotopic (exact) mass is 232 g/mol. The molecule has 3 atom stereocenters. The summed E-state index contributed by atoms with van der Waals surface area (Å²) in [5.41, 5.74) is 0. The molecule has 0 bridgehead atoms. The van der Waals surface area contributed by atoms with Gasteiger partial charge in [0, 0.05) is 13.0 Å². The van der Waals surface area contributed by atoms with E-state index in [1.54, 1.807) is 0 Å². The number of nitrogens with one attached hydrogen (secondary N) is 1. The molecule has 15 heavy (non-hydrogen) atoms. The van der Waals surface area contributed by atoms with Gasteiger partial charge in [-0.1, -0.05) is 13.3 Å². The Morgan fingerprint density at radius 1 is 1.47 bits per heavy atom. The molecule has 0 aliphatic rings. The summed E-state index contributed by atoms with van der Waals surface area (Å²) >= 11 is 4.44. The number of thiol groups is 1. The summed E-state index contributed by atoms with van der Waals surface area (Å²) in [4.78, 5) is 13.1. The van der Waals surface area contributed by atoms with Crippen molar-refractivity contribution in [3.05, 3.63) is 0 Å². The first-order valence-corrected chi connectivity index (χ1v) is 6.01. The van der Waals surface area contributed by atoms with Crippen LogP contribution in [0.5, 0.6) is 0 Å². The molecule has 0 spiro atoms. The summed E-state index contributed by atoms with van der Waals surface area (Å²) in [6.07, 6.45) is 2.09. The molecule has 0 aliphatic carbocycles. The van der Waals surface area contributed by atoms with Gasteiger partial charge in [0.05, 0.1) is 5.37 Å². The third kappa shape index (κ3) is 6.05. The van der Waals surface area contributed by atoms with Crippen molar-refractivity contribution in [1.29, 1.82) is 0 Å². The lowest BCUT2D eigenvalue weighted by atomic mass is 9.97. The minimum Gasteiger partial charge on any atom is -0.345 e. The molecule has 90 valence electrons. The van der Waals surface area contributed by atoms with Crippen LogP contribution in [0.2, 0.25) is 0 Å². The first-order chi connectivity index (χ1) is 6.88. The SMILES string of the molecule is CCC(CC(C)N(C)C)C(S)NC(C)=O. The third-order valence-corrected chi connectivity index (χ3v) is 3.40. The lowest BCUT2D eigenvalue weighted by Crippen LogP contribution is -2.38. The Labute approximate surface area is 99.0 Å². The van der Waals surface area contributed by atoms with Gasteiger partial charge in [-0.25, -0.2) is 0 Å². The number of amides is 1. The van der Waals surface area contributed by atoms with Gasteiger partial charge in [0.2, 0.25) is 5.91 Å². The molecule has 0 radical (unpaired) electrons. The van der Waals surface area contributed by atoms with Crippen molar-refractivity contribution in [3.8, 4) is 0 Å². The summed E-state index contributed by atoms with van der Waals surface area (Å²) in [5.74, 6) is 0.417. The van der Waals surface area contributed by atoms with Gasteiger partial charge in [-0.2, -0.15) is 12.6 Å². The van der Waals surface area contributed by atoms with Gasteiger partial charge in [0.25, 0.3) is 0 Å². The van der Waals surface area contributed by atoms with Crippen molar-refractivity contribution in [2.24, 2.45) is 5.92 Å². The highest BCUT2D eigenvalue weighted by Crippen LogP contribution is 2.19. The van der Waals surface area contributed by atoms with E-state index in [0.29, 0.717) is 12.0 Å². The second-order valence-electron chi connectivity index (χ2n) is 4.36. The number of carbonyl (C=O) groups excluding carboxylic acids is 1. The molecule has 0 saturated carbocycles. The molecule has 0 saturated heterocycles. The normalized spacial score (nSPS) is 17.3. The molecule has 0 heterocycles. The van der Waals surface area contributed by atoms with Crippen LogP contribution < -0.4 is 5.32 Å². The molecule has 0 aliphatic heterocycles. The van der Waals surface area contributed by atoms with E-state index in [9.17, 15) is 4.79 Å². The van der Waals surface area contributed by atoms with Crippen molar-refractivity contribution in [2.75, 3.05) is 14.1 Å². The van der Waals surface area contributed by atoms with Gasteiger partial charge in [-0.3, -0.25) is 4.79 Å². The van der Waals surface area contributed by atoms with Crippen LogP contribution in [0.15, 0.2) is 0 Å². The van der Waals surface area contributed by atoms with Gasteiger partial charge in [0.1, 0.15) is 0 Å². The fourth-order valence-corrected chi connectivity index (χ4v) is 2.01. The standard InChI is InChI=1S/C11H24N2OS/c1-6-10(7-8(2)13(4)5)11(15)12-9(3)14/h8,10-11,15H,6-7H2,1-5H3,(H,12,14). The minimum absolute atomic E-state index is 0.00837. The van der Waals surface area contributed by atoms with Crippen LogP contribution in [0, 0.1) is 5.92 Å². The van der Waals surface area contributed by atoms with Crippen LogP contribution in [0.1, 0.15) is 33.6 Å². The van der Waals surface area contributed by atoms with Crippen molar-refractivity contribution in [2.45, 2.75) is 45.0 Å². The molecule has 4 heteroatoms. The zero-order valence-electron chi connectivity index (χ0n) is 10.4. The predicted octanol–water partition coefficient (Wildman–Crippen LogP) is 1.74. The Morgan fingerprint density at radius 3 is 2.33 bits per heavy atom. The Kier molecular flexibility index (Phi) is 7.02. The van der Waals surface area contributed by atoms with E-state index in [0.717, 1.165) is 12.8 Å². The maximum absolute atomic E-state index is 10.9. The van der Waals surface area contributed by atoms with E-state index in [1.165, 1.54) is 6.92 Å². The Morgan fingerprint density at radius 2 is 2.00 bits per heavy atom. The van der Waals surface area contributed by atoms with E-state index in [4.69, 9.17) is 0 Å². The zero-order valence-corrected chi connectivity index (χ0v) is 11.3. The van der Waals surface area contributed by atoms with Crippen LogP contribution in [-0.4, -0.2) is 36.3 Å². The molecular formula is C11H24N2OS. The smallest absolute Gasteiger partial charge is 0.217 e. The number of hydrogen-bond donors (Lipinski definition) is 2. The van der Waals surface area contributed by atoms with Crippen LogP contribution in [0.3, 0.4) is 0 Å². The van der Waals surface area contributed by atoms with E-state index in [2.05, 4.69) is 50.8 Å².